The molecular weight excluding hydrogens is 607 g/mol. The monoisotopic (exact) mass is 637 g/mol. The van der Waals surface area contributed by atoms with E-state index in [9.17, 15) is 0 Å². The highest BCUT2D eigenvalue weighted by molar-refractivity contribution is 6.12. The van der Waals surface area contributed by atoms with Crippen LogP contribution in [0.5, 0.6) is 0 Å². The zero-order valence-electron chi connectivity index (χ0n) is 27.2. The molecule has 50 heavy (non-hydrogen) atoms. The maximum Gasteiger partial charge on any atom is 0.0703 e. The molecule has 0 radical (unpaired) electrons. The molecular formula is C47H31N3. The molecule has 7 aromatic carbocycles. The second-order valence-electron chi connectivity index (χ2n) is 12.8. The number of hydrogen-bond donors (Lipinski definition) is 0. The highest BCUT2D eigenvalue weighted by atomic mass is 15.0. The summed E-state index contributed by atoms with van der Waals surface area (Å²) < 4.78 is 4.70. The van der Waals surface area contributed by atoms with Gasteiger partial charge in [-0.05, 0) is 82.9 Å². The van der Waals surface area contributed by atoms with Crippen LogP contribution >= 0.6 is 0 Å². The van der Waals surface area contributed by atoms with Gasteiger partial charge in [-0.1, -0.05) is 121 Å². The van der Waals surface area contributed by atoms with Crippen molar-refractivity contribution >= 4 is 43.6 Å². The Morgan fingerprint density at radius 3 is 1.34 bits per heavy atom. The highest BCUT2D eigenvalue weighted by Crippen LogP contribution is 2.38. The zero-order valence-corrected chi connectivity index (χ0v) is 27.2. The summed E-state index contributed by atoms with van der Waals surface area (Å²) in [5, 5.41) is 4.97. The Kier molecular flexibility index (Phi) is 6.49. The Bertz CT molecular complexity index is 2830. The summed E-state index contributed by atoms with van der Waals surface area (Å²) in [5.74, 6) is 0. The molecule has 0 N–H and O–H groups in total. The van der Waals surface area contributed by atoms with Gasteiger partial charge in [-0.15, -0.1) is 0 Å². The van der Waals surface area contributed by atoms with Crippen LogP contribution < -0.4 is 0 Å². The largest absolute Gasteiger partial charge is 0.309 e. The van der Waals surface area contributed by atoms with E-state index in [1.165, 1.54) is 71.6 Å². The smallest absolute Gasteiger partial charge is 0.0703 e. The molecule has 3 heteroatoms. The molecule has 0 aliphatic rings. The van der Waals surface area contributed by atoms with Crippen LogP contribution in [0.15, 0.2) is 188 Å². The minimum Gasteiger partial charge on any atom is -0.309 e. The first-order chi connectivity index (χ1) is 24.8. The molecule has 0 saturated carbocycles. The predicted octanol–water partition coefficient (Wildman–Crippen LogP) is 12.3. The molecule has 0 saturated heterocycles. The lowest BCUT2D eigenvalue weighted by Gasteiger charge is -2.10. The van der Waals surface area contributed by atoms with Crippen molar-refractivity contribution in [1.82, 2.24) is 14.1 Å². The number of aromatic nitrogens is 3. The normalized spacial score (nSPS) is 11.6. The average molecular weight is 638 g/mol. The number of fused-ring (bicyclic) bond motifs is 6. The van der Waals surface area contributed by atoms with Gasteiger partial charge in [-0.3, -0.25) is 4.98 Å². The minimum absolute atomic E-state index is 0.959. The standard InChI is InChI=1S/C47H31N3/c1-3-11-32(12-4-1)33-19-21-34(22-20-33)43-26-25-38(31-48-43)50-45-18-10-8-16-40(45)42-30-36(24-28-47(42)50)35-23-27-46-41(29-35)39-15-7-9-17-44(39)49(46)37-13-5-2-6-14-37/h1-31H. The molecule has 10 aromatic rings. The van der Waals surface area contributed by atoms with E-state index >= 15 is 0 Å². The maximum absolute atomic E-state index is 4.94. The molecule has 0 fully saturated rings. The summed E-state index contributed by atoms with van der Waals surface area (Å²) in [6.45, 7) is 0. The van der Waals surface area contributed by atoms with Crippen molar-refractivity contribution in [3.05, 3.63) is 188 Å². The Morgan fingerprint density at radius 2 is 0.760 bits per heavy atom. The molecule has 0 aliphatic carbocycles. The van der Waals surface area contributed by atoms with Gasteiger partial charge in [-0.2, -0.15) is 0 Å². The second kappa shape index (κ2) is 11.5. The van der Waals surface area contributed by atoms with Gasteiger partial charge in [-0.25, -0.2) is 0 Å². The molecule has 234 valence electrons. The van der Waals surface area contributed by atoms with Crippen LogP contribution in [0.1, 0.15) is 0 Å². The second-order valence-corrected chi connectivity index (χ2v) is 12.8. The molecule has 0 aliphatic heterocycles. The van der Waals surface area contributed by atoms with Crippen LogP contribution in [0.25, 0.3) is 88.5 Å². The Balaban J connectivity index is 1.05. The zero-order chi connectivity index (χ0) is 33.0. The van der Waals surface area contributed by atoms with E-state index in [0.29, 0.717) is 0 Å². The van der Waals surface area contributed by atoms with Crippen molar-refractivity contribution in [2.45, 2.75) is 0 Å². The Hall–Kier alpha value is -6.71. The summed E-state index contributed by atoms with van der Waals surface area (Å²) in [4.78, 5) is 4.94. The summed E-state index contributed by atoms with van der Waals surface area (Å²) >= 11 is 0. The third kappa shape index (κ3) is 4.56. The number of para-hydroxylation sites is 3. The predicted molar refractivity (Wildman–Crippen MR) is 209 cm³/mol. The summed E-state index contributed by atoms with van der Waals surface area (Å²) in [6.07, 6.45) is 2.00. The van der Waals surface area contributed by atoms with Gasteiger partial charge in [0.2, 0.25) is 0 Å². The number of benzene rings is 7. The first-order valence-electron chi connectivity index (χ1n) is 17.0. The number of nitrogens with zero attached hydrogens (tertiary/aromatic N) is 3. The van der Waals surface area contributed by atoms with E-state index in [-0.39, 0.29) is 0 Å². The van der Waals surface area contributed by atoms with Gasteiger partial charge in [0.25, 0.3) is 0 Å². The van der Waals surface area contributed by atoms with Crippen molar-refractivity contribution in [3.8, 4) is 44.9 Å². The van der Waals surface area contributed by atoms with E-state index in [1.807, 2.05) is 12.3 Å². The first-order valence-corrected chi connectivity index (χ1v) is 17.0. The van der Waals surface area contributed by atoms with Crippen molar-refractivity contribution in [3.63, 3.8) is 0 Å². The fraction of sp³-hybridized carbons (Fsp3) is 0. The molecule has 3 aromatic heterocycles. The highest BCUT2D eigenvalue weighted by Gasteiger charge is 2.16. The van der Waals surface area contributed by atoms with Crippen LogP contribution in [-0.4, -0.2) is 14.1 Å². The van der Waals surface area contributed by atoms with Crippen LogP contribution in [0, 0.1) is 0 Å². The summed E-state index contributed by atoms with van der Waals surface area (Å²) in [7, 11) is 0. The average Bonchev–Trinajstić information content (AvgIpc) is 3.71. The van der Waals surface area contributed by atoms with Crippen LogP contribution in [0.4, 0.5) is 0 Å². The van der Waals surface area contributed by atoms with E-state index in [1.54, 1.807) is 0 Å². The van der Waals surface area contributed by atoms with E-state index in [2.05, 4.69) is 185 Å². The van der Waals surface area contributed by atoms with Crippen molar-refractivity contribution in [2.75, 3.05) is 0 Å². The fourth-order valence-corrected chi connectivity index (χ4v) is 7.59. The Labute approximate surface area is 290 Å². The first kappa shape index (κ1) is 28.3. The SMILES string of the molecule is c1ccc(-c2ccc(-c3ccc(-n4c5ccccc5c5cc(-c6ccc7c(c6)c6ccccc6n7-c6ccccc6)ccc54)cn3)cc2)cc1. The third-order valence-electron chi connectivity index (χ3n) is 9.99. The lowest BCUT2D eigenvalue weighted by molar-refractivity contribution is 1.14. The minimum atomic E-state index is 0.959. The van der Waals surface area contributed by atoms with Gasteiger partial charge < -0.3 is 9.13 Å². The summed E-state index contributed by atoms with van der Waals surface area (Å²) in [5.41, 5.74) is 13.9. The number of pyridine rings is 1. The van der Waals surface area contributed by atoms with Gasteiger partial charge in [0.05, 0.1) is 39.6 Å². The molecule has 0 amide bonds. The molecule has 0 unspecified atom stereocenters. The van der Waals surface area contributed by atoms with Crippen molar-refractivity contribution in [2.24, 2.45) is 0 Å². The van der Waals surface area contributed by atoms with Crippen LogP contribution in [0.3, 0.4) is 0 Å². The van der Waals surface area contributed by atoms with Crippen molar-refractivity contribution in [1.29, 1.82) is 0 Å². The molecule has 0 bridgehead atoms. The molecule has 10 rings (SSSR count). The van der Waals surface area contributed by atoms with Crippen molar-refractivity contribution < 1.29 is 0 Å². The molecule has 0 spiro atoms. The molecule has 3 heterocycles. The third-order valence-corrected chi connectivity index (χ3v) is 9.99. The van der Waals surface area contributed by atoms with E-state index < -0.39 is 0 Å². The Morgan fingerprint density at radius 1 is 0.300 bits per heavy atom. The van der Waals surface area contributed by atoms with Gasteiger partial charge in [0.1, 0.15) is 0 Å². The molecule has 0 atom stereocenters. The number of hydrogen-bond acceptors (Lipinski definition) is 1. The summed E-state index contributed by atoms with van der Waals surface area (Å²) in [6, 6.07) is 65.2. The van der Waals surface area contributed by atoms with E-state index in [0.717, 1.165) is 16.9 Å². The van der Waals surface area contributed by atoms with Gasteiger partial charge in [0.15, 0.2) is 0 Å². The quantitative estimate of drug-likeness (QED) is 0.184. The lowest BCUT2D eigenvalue weighted by Crippen LogP contribution is -1.95. The fourth-order valence-electron chi connectivity index (χ4n) is 7.59. The molecule has 3 nitrogen and oxygen atoms in total. The van der Waals surface area contributed by atoms with Crippen LogP contribution in [0.2, 0.25) is 0 Å². The van der Waals surface area contributed by atoms with Gasteiger partial charge in [0, 0.05) is 32.8 Å². The van der Waals surface area contributed by atoms with E-state index in [4.69, 9.17) is 4.98 Å². The maximum atomic E-state index is 4.94. The topological polar surface area (TPSA) is 22.8 Å². The van der Waals surface area contributed by atoms with Gasteiger partial charge >= 0.3 is 0 Å². The number of rotatable bonds is 5. The van der Waals surface area contributed by atoms with Crippen LogP contribution in [-0.2, 0) is 0 Å². The lowest BCUT2D eigenvalue weighted by atomic mass is 10.0.